The summed E-state index contributed by atoms with van der Waals surface area (Å²) in [5.74, 6) is -0.465. The van der Waals surface area contributed by atoms with E-state index in [0.29, 0.717) is 36.7 Å². The Labute approximate surface area is 163 Å². The number of ether oxygens (including phenoxy) is 1. The lowest BCUT2D eigenvalue weighted by molar-refractivity contribution is -0.126. The number of aryl methyl sites for hydroxylation is 1. The number of carbonyl (C=O) groups excluding carboxylic acids is 1. The fourth-order valence-corrected chi connectivity index (χ4v) is 3.27. The Morgan fingerprint density at radius 3 is 2.86 bits per heavy atom. The van der Waals surface area contributed by atoms with Gasteiger partial charge in [-0.15, -0.1) is 5.10 Å². The molecular weight excluding hydrogens is 360 g/mol. The quantitative estimate of drug-likeness (QED) is 0.607. The molecule has 2 N–H and O–H groups in total. The van der Waals surface area contributed by atoms with Crippen LogP contribution in [-0.2, 0) is 16.1 Å². The zero-order valence-electron chi connectivity index (χ0n) is 16.0. The average molecular weight is 386 g/mol. The fourth-order valence-electron chi connectivity index (χ4n) is 3.27. The van der Waals surface area contributed by atoms with Crippen molar-refractivity contribution in [3.8, 4) is 11.3 Å². The molecule has 1 heterocycles. The molecular formula is C20H26N4O4. The van der Waals surface area contributed by atoms with Gasteiger partial charge in [-0.3, -0.25) is 9.48 Å². The molecule has 1 amide bonds. The van der Waals surface area contributed by atoms with E-state index in [1.54, 1.807) is 35.1 Å². The standard InChI is InChI=1S/C20H26N4O4/c1-14(15-6-4-7-15)21-19(25)13-28-11-5-10-24-12-18(22-23-24)16-8-2-3-9-17(16)20(26)27/h2-3,8-9,12,14-15H,4-7,10-11,13H2,1H3,(H,21,25)(H,26,27). The Morgan fingerprint density at radius 2 is 2.14 bits per heavy atom. The van der Waals surface area contributed by atoms with Crippen LogP contribution in [0.4, 0.5) is 0 Å². The van der Waals surface area contributed by atoms with Crippen LogP contribution in [0.25, 0.3) is 11.3 Å². The molecule has 1 aliphatic rings. The highest BCUT2D eigenvalue weighted by molar-refractivity contribution is 5.95. The smallest absolute Gasteiger partial charge is 0.336 e. The third kappa shape index (κ3) is 5.16. The Hall–Kier alpha value is -2.74. The molecule has 8 heteroatoms. The number of carboxylic acid groups (broad SMARTS) is 1. The summed E-state index contributed by atoms with van der Waals surface area (Å²) in [4.78, 5) is 23.2. The topological polar surface area (TPSA) is 106 Å². The number of hydrogen-bond acceptors (Lipinski definition) is 5. The molecule has 0 radical (unpaired) electrons. The number of aromatic nitrogens is 3. The minimum absolute atomic E-state index is 0.0612. The molecule has 1 aromatic heterocycles. The summed E-state index contributed by atoms with van der Waals surface area (Å²) < 4.78 is 7.09. The molecule has 0 aliphatic heterocycles. The molecule has 1 saturated carbocycles. The minimum Gasteiger partial charge on any atom is -0.478 e. The highest BCUT2D eigenvalue weighted by Crippen LogP contribution is 2.29. The molecule has 1 aromatic carbocycles. The van der Waals surface area contributed by atoms with Gasteiger partial charge in [0.2, 0.25) is 5.91 Å². The van der Waals surface area contributed by atoms with Gasteiger partial charge < -0.3 is 15.2 Å². The molecule has 1 unspecified atom stereocenters. The van der Waals surface area contributed by atoms with E-state index in [2.05, 4.69) is 15.6 Å². The molecule has 0 bridgehead atoms. The van der Waals surface area contributed by atoms with Crippen molar-refractivity contribution in [3.63, 3.8) is 0 Å². The number of amides is 1. The SMILES string of the molecule is CC(NC(=O)COCCCn1cc(-c2ccccc2C(=O)O)nn1)C1CCC1. The van der Waals surface area contributed by atoms with Crippen molar-refractivity contribution in [2.45, 2.75) is 45.2 Å². The van der Waals surface area contributed by atoms with E-state index in [-0.39, 0.29) is 24.1 Å². The molecule has 150 valence electrons. The summed E-state index contributed by atoms with van der Waals surface area (Å²) in [6.45, 7) is 3.12. The maximum Gasteiger partial charge on any atom is 0.336 e. The first-order valence-corrected chi connectivity index (χ1v) is 9.64. The van der Waals surface area contributed by atoms with Crippen molar-refractivity contribution >= 4 is 11.9 Å². The van der Waals surface area contributed by atoms with Crippen LogP contribution in [0.3, 0.4) is 0 Å². The second kappa shape index (κ2) is 9.45. The number of rotatable bonds is 10. The van der Waals surface area contributed by atoms with E-state index in [1.165, 1.54) is 19.3 Å². The van der Waals surface area contributed by atoms with E-state index in [4.69, 9.17) is 4.74 Å². The van der Waals surface area contributed by atoms with Gasteiger partial charge in [-0.2, -0.15) is 0 Å². The van der Waals surface area contributed by atoms with Gasteiger partial charge in [0.05, 0.1) is 11.8 Å². The van der Waals surface area contributed by atoms with Crippen LogP contribution in [0, 0.1) is 5.92 Å². The Morgan fingerprint density at radius 1 is 1.36 bits per heavy atom. The fraction of sp³-hybridized carbons (Fsp3) is 0.500. The zero-order valence-corrected chi connectivity index (χ0v) is 16.0. The van der Waals surface area contributed by atoms with E-state index in [0.717, 1.165) is 0 Å². The number of nitrogens with one attached hydrogen (secondary N) is 1. The van der Waals surface area contributed by atoms with Crippen molar-refractivity contribution in [1.82, 2.24) is 20.3 Å². The molecule has 28 heavy (non-hydrogen) atoms. The predicted octanol–water partition coefficient (Wildman–Crippen LogP) is 2.35. The second-order valence-electron chi connectivity index (χ2n) is 7.17. The number of nitrogens with zero attached hydrogens (tertiary/aromatic N) is 3. The van der Waals surface area contributed by atoms with Gasteiger partial charge in [-0.05, 0) is 38.2 Å². The maximum absolute atomic E-state index is 11.9. The molecule has 1 atom stereocenters. The van der Waals surface area contributed by atoms with Crippen molar-refractivity contribution in [2.24, 2.45) is 5.92 Å². The lowest BCUT2D eigenvalue weighted by atomic mass is 9.80. The normalized spacial score (nSPS) is 15.0. The summed E-state index contributed by atoms with van der Waals surface area (Å²) in [7, 11) is 0. The van der Waals surface area contributed by atoms with Crippen molar-refractivity contribution in [1.29, 1.82) is 0 Å². The lowest BCUT2D eigenvalue weighted by Crippen LogP contribution is -2.42. The maximum atomic E-state index is 11.9. The average Bonchev–Trinajstić information content (AvgIpc) is 3.08. The molecule has 1 fully saturated rings. The summed E-state index contributed by atoms with van der Waals surface area (Å²) in [6, 6.07) is 6.92. The van der Waals surface area contributed by atoms with Gasteiger partial charge in [0.25, 0.3) is 0 Å². The first-order chi connectivity index (χ1) is 13.5. The number of aromatic carboxylic acids is 1. The largest absolute Gasteiger partial charge is 0.478 e. The van der Waals surface area contributed by atoms with Crippen LogP contribution >= 0.6 is 0 Å². The monoisotopic (exact) mass is 386 g/mol. The summed E-state index contributed by atoms with van der Waals surface area (Å²) in [6.07, 6.45) is 6.04. The first-order valence-electron chi connectivity index (χ1n) is 9.64. The third-order valence-electron chi connectivity index (χ3n) is 5.13. The highest BCUT2D eigenvalue weighted by Gasteiger charge is 2.24. The van der Waals surface area contributed by atoms with Gasteiger partial charge >= 0.3 is 5.97 Å². The molecule has 0 saturated heterocycles. The van der Waals surface area contributed by atoms with Crippen LogP contribution in [0.15, 0.2) is 30.5 Å². The predicted molar refractivity (Wildman–Crippen MR) is 103 cm³/mol. The number of benzene rings is 1. The van der Waals surface area contributed by atoms with Crippen LogP contribution in [0.2, 0.25) is 0 Å². The minimum atomic E-state index is -0.997. The van der Waals surface area contributed by atoms with Crippen molar-refractivity contribution < 1.29 is 19.4 Å². The van der Waals surface area contributed by atoms with Crippen molar-refractivity contribution in [2.75, 3.05) is 13.2 Å². The summed E-state index contributed by atoms with van der Waals surface area (Å²) >= 11 is 0. The van der Waals surface area contributed by atoms with Gasteiger partial charge in [0, 0.05) is 24.8 Å². The Balaban J connectivity index is 1.39. The Kier molecular flexibility index (Phi) is 6.76. The lowest BCUT2D eigenvalue weighted by Gasteiger charge is -2.31. The van der Waals surface area contributed by atoms with Gasteiger partial charge in [0.1, 0.15) is 12.3 Å². The molecule has 3 rings (SSSR count). The van der Waals surface area contributed by atoms with Gasteiger partial charge in [-0.1, -0.05) is 29.8 Å². The van der Waals surface area contributed by atoms with E-state index >= 15 is 0 Å². The number of hydrogen-bond donors (Lipinski definition) is 2. The van der Waals surface area contributed by atoms with Crippen LogP contribution in [0.5, 0.6) is 0 Å². The molecule has 1 aliphatic carbocycles. The third-order valence-corrected chi connectivity index (χ3v) is 5.13. The molecule has 8 nitrogen and oxygen atoms in total. The Bertz CT molecular complexity index is 816. The van der Waals surface area contributed by atoms with Crippen LogP contribution in [-0.4, -0.2) is 51.2 Å². The van der Waals surface area contributed by atoms with Crippen molar-refractivity contribution in [3.05, 3.63) is 36.0 Å². The van der Waals surface area contributed by atoms with Gasteiger partial charge in [-0.25, -0.2) is 4.79 Å². The zero-order chi connectivity index (χ0) is 19.9. The molecule has 0 spiro atoms. The first kappa shape index (κ1) is 20.0. The van der Waals surface area contributed by atoms with E-state index in [9.17, 15) is 14.7 Å². The molecule has 2 aromatic rings. The van der Waals surface area contributed by atoms with E-state index < -0.39 is 5.97 Å². The summed E-state index contributed by atoms with van der Waals surface area (Å²) in [5, 5.41) is 20.4. The van der Waals surface area contributed by atoms with Crippen LogP contribution < -0.4 is 5.32 Å². The second-order valence-corrected chi connectivity index (χ2v) is 7.17. The van der Waals surface area contributed by atoms with Gasteiger partial charge in [0.15, 0.2) is 0 Å². The van der Waals surface area contributed by atoms with E-state index in [1.807, 2.05) is 6.92 Å². The highest BCUT2D eigenvalue weighted by atomic mass is 16.5. The summed E-state index contributed by atoms with van der Waals surface area (Å²) in [5.41, 5.74) is 1.25. The number of carboxylic acids is 1. The number of carbonyl (C=O) groups is 2. The van der Waals surface area contributed by atoms with Crippen LogP contribution in [0.1, 0.15) is 43.0 Å².